The minimum Gasteiger partial charge on any atom is -0.308 e. The molecule has 0 fully saturated rings. The lowest BCUT2D eigenvalue weighted by Crippen LogP contribution is -2.44. The number of benzene rings is 4. The van der Waals surface area contributed by atoms with Crippen molar-refractivity contribution >= 4 is 114 Å². The van der Waals surface area contributed by atoms with Crippen molar-refractivity contribution in [2.24, 2.45) is 0 Å². The van der Waals surface area contributed by atoms with Crippen LogP contribution in [0.5, 0.6) is 0 Å². The molecule has 0 saturated carbocycles. The Balaban J connectivity index is 0.000000269. The van der Waals surface area contributed by atoms with Crippen molar-refractivity contribution in [2.75, 3.05) is 46.3 Å². The fraction of sp³-hybridized carbons (Fsp3) is 0.217. The Labute approximate surface area is 430 Å². The maximum Gasteiger partial charge on any atom is 0.328 e. The number of amides is 6. The summed E-state index contributed by atoms with van der Waals surface area (Å²) in [5, 5.41) is 8.17. The van der Waals surface area contributed by atoms with Crippen molar-refractivity contribution in [3.8, 4) is 0 Å². The highest BCUT2D eigenvalue weighted by Crippen LogP contribution is 2.25. The van der Waals surface area contributed by atoms with Crippen LogP contribution in [0.4, 0.5) is 32.9 Å². The van der Waals surface area contributed by atoms with Crippen LogP contribution in [0.15, 0.2) is 107 Å². The first-order valence-electron chi connectivity index (χ1n) is 21.2. The molecular weight excluding hydrogens is 1040 g/mol. The first-order valence-corrected chi connectivity index (χ1v) is 25.7. The van der Waals surface area contributed by atoms with Gasteiger partial charge in [0, 0.05) is 57.3 Å². The zero-order valence-corrected chi connectivity index (χ0v) is 43.5. The Bertz CT molecular complexity index is 3130. The SMILES string of the molecule is CCN(CC)CCN(C(=O)Nc1ccc(S(=O)(=O)Nc2nc(C)cc(C)n2)cc1)C(=O)c1ccc(Cl)cc1Cl.Cc1cc(C)nc(NS(=O)(=O)c2ccc(NC(=O)NC(=O)c3ccc(Cl)cc3Cl)cc2)n1. The van der Waals surface area contributed by atoms with Gasteiger partial charge in [0.15, 0.2) is 0 Å². The van der Waals surface area contributed by atoms with Gasteiger partial charge in [-0.25, -0.2) is 55.8 Å². The molecule has 0 radical (unpaired) electrons. The lowest BCUT2D eigenvalue weighted by molar-refractivity contribution is 0.0797. The number of hydrogen-bond acceptors (Lipinski definition) is 13. The molecule has 0 spiro atoms. The maximum atomic E-state index is 13.3. The molecule has 0 atom stereocenters. The highest BCUT2D eigenvalue weighted by Gasteiger charge is 2.26. The molecule has 0 aliphatic rings. The number of rotatable bonds is 15. The molecular formula is C46H47Cl4N11O8S2. The number of carbonyl (C=O) groups excluding carboxylic acids is 4. The van der Waals surface area contributed by atoms with Crippen LogP contribution in [-0.2, 0) is 20.0 Å². The Hall–Kier alpha value is -6.46. The second-order valence-electron chi connectivity index (χ2n) is 15.3. The summed E-state index contributed by atoms with van der Waals surface area (Å²) in [4.78, 5) is 70.2. The standard InChI is InChI=1S/C26H30Cl2N6O4S.C20H17Cl2N5O4S/c1-5-33(6-2)13-14-34(24(35)22-12-7-19(27)16-23(22)28)26(36)31-20-8-10-21(11-9-20)39(37,38)32-25-29-17(3)15-18(4)30-25;1-11-9-12(2)24-19(23-11)27-32(30,31)15-6-4-14(5-7-15)25-20(29)26-18(28)16-8-3-13(21)10-17(16)22/h7-12,15-16H,5-6,13-14H2,1-4H3,(H,31,36)(H,29,30,32);3-10H,1-2H3,(H,23,24,27)(H2,25,26,28,29). The van der Waals surface area contributed by atoms with Crippen LogP contribution in [0.2, 0.25) is 20.1 Å². The number of anilines is 4. The molecule has 4 aromatic carbocycles. The second kappa shape index (κ2) is 24.6. The Morgan fingerprint density at radius 2 is 0.944 bits per heavy atom. The molecule has 0 saturated heterocycles. The topological polar surface area (TPSA) is 255 Å². The van der Waals surface area contributed by atoms with Gasteiger partial charge >= 0.3 is 12.1 Å². The molecule has 19 nitrogen and oxygen atoms in total. The van der Waals surface area contributed by atoms with Gasteiger partial charge in [-0.05, 0) is 138 Å². The summed E-state index contributed by atoms with van der Waals surface area (Å²) in [5.74, 6) is -1.38. The van der Waals surface area contributed by atoms with Crippen LogP contribution in [0.25, 0.3) is 0 Å². The summed E-state index contributed by atoms with van der Waals surface area (Å²) in [7, 11) is -7.91. The minimum absolute atomic E-state index is 0.0342. The molecule has 6 amide bonds. The van der Waals surface area contributed by atoms with Gasteiger partial charge in [-0.2, -0.15) is 0 Å². The summed E-state index contributed by atoms with van der Waals surface area (Å²) < 4.78 is 55.4. The highest BCUT2D eigenvalue weighted by molar-refractivity contribution is 7.93. The van der Waals surface area contributed by atoms with Crippen molar-refractivity contribution in [3.63, 3.8) is 0 Å². The minimum atomic E-state index is -3.97. The number of urea groups is 2. The van der Waals surface area contributed by atoms with Crippen LogP contribution < -0.4 is 25.4 Å². The van der Waals surface area contributed by atoms with Gasteiger partial charge in [0.1, 0.15) is 0 Å². The van der Waals surface area contributed by atoms with E-state index in [0.29, 0.717) is 45.1 Å². The van der Waals surface area contributed by atoms with E-state index in [4.69, 9.17) is 46.4 Å². The molecule has 374 valence electrons. The molecule has 0 bridgehead atoms. The molecule has 2 aromatic heterocycles. The lowest BCUT2D eigenvalue weighted by Gasteiger charge is -2.25. The fourth-order valence-electron chi connectivity index (χ4n) is 6.42. The quantitative estimate of drug-likeness (QED) is 0.0643. The van der Waals surface area contributed by atoms with Gasteiger partial charge in [-0.1, -0.05) is 60.3 Å². The number of likely N-dealkylation sites (N-methyl/N-ethyl adjacent to an activating group) is 1. The molecule has 25 heteroatoms. The van der Waals surface area contributed by atoms with Gasteiger partial charge in [-0.3, -0.25) is 19.8 Å². The molecule has 2 heterocycles. The molecule has 0 aliphatic carbocycles. The van der Waals surface area contributed by atoms with Crippen molar-refractivity contribution in [1.29, 1.82) is 0 Å². The third-order valence-electron chi connectivity index (χ3n) is 9.84. The maximum absolute atomic E-state index is 13.3. The summed E-state index contributed by atoms with van der Waals surface area (Å²) in [6.07, 6.45) is 0. The largest absolute Gasteiger partial charge is 0.328 e. The third-order valence-corrected chi connectivity index (χ3v) is 13.6. The third kappa shape index (κ3) is 16.0. The van der Waals surface area contributed by atoms with E-state index >= 15 is 0 Å². The van der Waals surface area contributed by atoms with Gasteiger partial charge < -0.3 is 15.5 Å². The molecule has 0 aliphatic heterocycles. The van der Waals surface area contributed by atoms with Crippen molar-refractivity contribution in [3.05, 3.63) is 151 Å². The first-order chi connectivity index (χ1) is 33.5. The zero-order valence-electron chi connectivity index (χ0n) is 38.8. The van der Waals surface area contributed by atoms with Crippen molar-refractivity contribution in [1.82, 2.24) is 35.1 Å². The Morgan fingerprint density at radius 3 is 1.35 bits per heavy atom. The van der Waals surface area contributed by atoms with Crippen molar-refractivity contribution < 1.29 is 36.0 Å². The van der Waals surface area contributed by atoms with Crippen LogP contribution >= 0.6 is 46.4 Å². The van der Waals surface area contributed by atoms with Crippen LogP contribution in [0.3, 0.4) is 0 Å². The zero-order chi connectivity index (χ0) is 52.2. The van der Waals surface area contributed by atoms with E-state index in [0.717, 1.165) is 18.0 Å². The monoisotopic (exact) mass is 1090 g/mol. The molecule has 71 heavy (non-hydrogen) atoms. The molecule has 6 rings (SSSR count). The van der Waals surface area contributed by atoms with Crippen LogP contribution in [0.1, 0.15) is 57.3 Å². The number of imide groups is 2. The van der Waals surface area contributed by atoms with E-state index in [1.807, 2.05) is 13.8 Å². The van der Waals surface area contributed by atoms with E-state index in [2.05, 4.69) is 50.2 Å². The van der Waals surface area contributed by atoms with E-state index in [1.54, 1.807) is 39.8 Å². The van der Waals surface area contributed by atoms with Gasteiger partial charge in [0.2, 0.25) is 11.9 Å². The second-order valence-corrected chi connectivity index (χ2v) is 20.3. The molecule has 5 N–H and O–H groups in total. The average molecular weight is 1090 g/mol. The summed E-state index contributed by atoms with van der Waals surface area (Å²) in [6, 6.07) is 21.5. The Morgan fingerprint density at radius 1 is 0.535 bits per heavy atom. The number of nitrogens with zero attached hydrogens (tertiary/aromatic N) is 6. The lowest BCUT2D eigenvalue weighted by atomic mass is 10.2. The number of aryl methyl sites for hydroxylation is 4. The normalized spacial score (nSPS) is 11.2. The number of halogens is 4. The Kier molecular flexibility index (Phi) is 19.2. The van der Waals surface area contributed by atoms with Crippen LogP contribution in [-0.4, -0.2) is 96.6 Å². The number of sulfonamides is 2. The number of hydrogen-bond donors (Lipinski definition) is 5. The van der Waals surface area contributed by atoms with Gasteiger partial charge in [0.05, 0.1) is 31.0 Å². The highest BCUT2D eigenvalue weighted by atomic mass is 35.5. The smallest absolute Gasteiger partial charge is 0.308 e. The summed E-state index contributed by atoms with van der Waals surface area (Å²) in [5.41, 5.74) is 3.26. The molecule has 6 aromatic rings. The number of carbonyl (C=O) groups is 4. The summed E-state index contributed by atoms with van der Waals surface area (Å²) in [6.45, 7) is 13.0. The number of aromatic nitrogens is 4. The van der Waals surface area contributed by atoms with Gasteiger partial charge in [0.25, 0.3) is 31.9 Å². The fourth-order valence-corrected chi connectivity index (χ4v) is 9.29. The van der Waals surface area contributed by atoms with E-state index < -0.39 is 43.9 Å². The molecule has 0 unspecified atom stereocenters. The summed E-state index contributed by atoms with van der Waals surface area (Å²) >= 11 is 23.9. The average Bonchev–Trinajstić information content (AvgIpc) is 3.27. The van der Waals surface area contributed by atoms with Crippen molar-refractivity contribution in [2.45, 2.75) is 51.3 Å². The van der Waals surface area contributed by atoms with Crippen LogP contribution in [0, 0.1) is 27.7 Å². The van der Waals surface area contributed by atoms with E-state index in [1.165, 1.54) is 84.9 Å². The van der Waals surface area contributed by atoms with Gasteiger partial charge in [-0.15, -0.1) is 0 Å². The first kappa shape index (κ1) is 55.5. The van der Waals surface area contributed by atoms with E-state index in [9.17, 15) is 36.0 Å². The predicted octanol–water partition coefficient (Wildman–Crippen LogP) is 9.38. The van der Waals surface area contributed by atoms with E-state index in [-0.39, 0.29) is 55.1 Å². The number of nitrogens with one attached hydrogen (secondary N) is 5. The predicted molar refractivity (Wildman–Crippen MR) is 275 cm³/mol.